The maximum absolute atomic E-state index is 14.7. The molecule has 286 valence electrons. The van der Waals surface area contributed by atoms with Crippen molar-refractivity contribution in [3.05, 3.63) is 136 Å². The van der Waals surface area contributed by atoms with Crippen molar-refractivity contribution in [2.75, 3.05) is 62.6 Å². The Labute approximate surface area is 328 Å². The fourth-order valence-corrected chi connectivity index (χ4v) is 7.25. The summed E-state index contributed by atoms with van der Waals surface area (Å²) in [5.74, 6) is -0.410. The summed E-state index contributed by atoms with van der Waals surface area (Å²) >= 11 is 6.10. The average molecular weight is 761 g/mol. The Morgan fingerprint density at radius 3 is 1.95 bits per heavy atom. The van der Waals surface area contributed by atoms with Gasteiger partial charge in [0.05, 0.1) is 0 Å². The van der Waals surface area contributed by atoms with Gasteiger partial charge in [-0.2, -0.15) is 0 Å². The van der Waals surface area contributed by atoms with Crippen molar-refractivity contribution >= 4 is 52.7 Å². The van der Waals surface area contributed by atoms with Gasteiger partial charge in [0.2, 0.25) is 23.6 Å². The van der Waals surface area contributed by atoms with Crippen molar-refractivity contribution in [3.63, 3.8) is 0 Å². The molecule has 0 aromatic heterocycles. The number of rotatable bonds is 12. The molecule has 1 N–H and O–H groups in total. The van der Waals surface area contributed by atoms with Crippen LogP contribution < -0.4 is 10.2 Å². The van der Waals surface area contributed by atoms with E-state index in [0.717, 1.165) is 55.1 Å². The molecular weight excluding hydrogens is 712 g/mol. The van der Waals surface area contributed by atoms with Crippen LogP contribution in [0.4, 0.5) is 11.4 Å². The molecule has 0 unspecified atom stereocenters. The summed E-state index contributed by atoms with van der Waals surface area (Å²) in [7, 11) is 0. The normalized spacial score (nSPS) is 15.5. The van der Waals surface area contributed by atoms with Crippen LogP contribution in [0.2, 0.25) is 5.02 Å². The van der Waals surface area contributed by atoms with Crippen LogP contribution in [0.15, 0.2) is 109 Å². The van der Waals surface area contributed by atoms with Gasteiger partial charge in [0.1, 0.15) is 6.04 Å². The standard InChI is InChI=1S/C44H49ClN6O4/c1-33(52)46-40-17-10-35(11-18-40)14-21-43(54)51(32-38-12-19-41(20-13-38)49-28-26-48(27-29-49)34(2)53)42(30-36-6-4-3-5-7-36)44(55)50-24-22-47(23-25-50)31-37-8-15-39(45)16-9-37/h3-21,42H,22-32H2,1-2H3,(H,46,52)/t42-/m0/s1. The van der Waals surface area contributed by atoms with E-state index in [0.29, 0.717) is 43.3 Å². The molecule has 1 atom stereocenters. The van der Waals surface area contributed by atoms with Crippen molar-refractivity contribution in [1.82, 2.24) is 19.6 Å². The second-order valence-electron chi connectivity index (χ2n) is 14.2. The molecule has 11 heteroatoms. The lowest BCUT2D eigenvalue weighted by molar-refractivity contribution is -0.145. The van der Waals surface area contributed by atoms with E-state index in [-0.39, 0.29) is 30.2 Å². The highest BCUT2D eigenvalue weighted by Crippen LogP contribution is 2.23. The average Bonchev–Trinajstić information content (AvgIpc) is 3.20. The second-order valence-corrected chi connectivity index (χ2v) is 14.6. The highest BCUT2D eigenvalue weighted by molar-refractivity contribution is 6.30. The van der Waals surface area contributed by atoms with E-state index in [2.05, 4.69) is 27.2 Å². The summed E-state index contributed by atoms with van der Waals surface area (Å²) in [5, 5.41) is 3.47. The van der Waals surface area contributed by atoms with Crippen LogP contribution in [0, 0.1) is 0 Å². The van der Waals surface area contributed by atoms with Crippen LogP contribution >= 0.6 is 11.6 Å². The fourth-order valence-electron chi connectivity index (χ4n) is 7.13. The zero-order valence-corrected chi connectivity index (χ0v) is 32.3. The number of carbonyl (C=O) groups excluding carboxylic acids is 4. The van der Waals surface area contributed by atoms with Crippen molar-refractivity contribution in [1.29, 1.82) is 0 Å². The van der Waals surface area contributed by atoms with Gasteiger partial charge in [-0.1, -0.05) is 78.3 Å². The summed E-state index contributed by atoms with van der Waals surface area (Å²) in [4.78, 5) is 62.5. The second kappa shape index (κ2) is 18.7. The van der Waals surface area contributed by atoms with Crippen LogP contribution in [0.3, 0.4) is 0 Å². The quantitative estimate of drug-likeness (QED) is 0.179. The van der Waals surface area contributed by atoms with Crippen molar-refractivity contribution < 1.29 is 19.2 Å². The lowest BCUT2D eigenvalue weighted by atomic mass is 10.0. The largest absolute Gasteiger partial charge is 0.368 e. The Balaban J connectivity index is 1.24. The number of anilines is 2. The van der Waals surface area contributed by atoms with Gasteiger partial charge in [-0.3, -0.25) is 24.1 Å². The van der Waals surface area contributed by atoms with Gasteiger partial charge in [-0.05, 0) is 64.7 Å². The molecule has 0 aliphatic carbocycles. The molecule has 2 aliphatic heterocycles. The van der Waals surface area contributed by atoms with Crippen LogP contribution in [-0.4, -0.2) is 102 Å². The van der Waals surface area contributed by atoms with Crippen molar-refractivity contribution in [2.45, 2.75) is 39.4 Å². The molecule has 55 heavy (non-hydrogen) atoms. The molecule has 10 nitrogen and oxygen atoms in total. The van der Waals surface area contributed by atoms with Gasteiger partial charge >= 0.3 is 0 Å². The number of carbonyl (C=O) groups is 4. The Morgan fingerprint density at radius 2 is 1.33 bits per heavy atom. The third kappa shape index (κ3) is 11.1. The molecule has 2 aliphatic rings. The molecule has 0 bridgehead atoms. The highest BCUT2D eigenvalue weighted by atomic mass is 35.5. The first-order chi connectivity index (χ1) is 26.6. The molecule has 4 aromatic carbocycles. The SMILES string of the molecule is CC(=O)Nc1ccc(C=CC(=O)N(Cc2ccc(N3CCN(C(C)=O)CC3)cc2)[C@@H](Cc2ccccc2)C(=O)N2CCN(Cc3ccc(Cl)cc3)CC2)cc1. The van der Waals surface area contributed by atoms with Gasteiger partial charge < -0.3 is 24.9 Å². The maximum atomic E-state index is 14.7. The molecule has 2 heterocycles. The monoisotopic (exact) mass is 760 g/mol. The van der Waals surface area contributed by atoms with E-state index >= 15 is 0 Å². The third-order valence-electron chi connectivity index (χ3n) is 10.2. The van der Waals surface area contributed by atoms with E-state index in [1.807, 2.05) is 88.7 Å². The molecule has 2 fully saturated rings. The molecule has 0 radical (unpaired) electrons. The Kier molecular flexibility index (Phi) is 13.4. The third-order valence-corrected chi connectivity index (χ3v) is 10.5. The van der Waals surface area contributed by atoms with Crippen LogP contribution in [-0.2, 0) is 38.7 Å². The molecule has 4 amide bonds. The van der Waals surface area contributed by atoms with Gasteiger partial charge in [-0.25, -0.2) is 0 Å². The smallest absolute Gasteiger partial charge is 0.247 e. The number of hydrogen-bond acceptors (Lipinski definition) is 6. The predicted molar refractivity (Wildman–Crippen MR) is 218 cm³/mol. The van der Waals surface area contributed by atoms with Gasteiger partial charge in [0.15, 0.2) is 0 Å². The van der Waals surface area contributed by atoms with E-state index in [1.54, 1.807) is 30.0 Å². The Hall–Kier alpha value is -5.45. The summed E-state index contributed by atoms with van der Waals surface area (Å²) in [6.45, 7) is 9.49. The minimum atomic E-state index is -0.746. The summed E-state index contributed by atoms with van der Waals surface area (Å²) in [6.07, 6.45) is 3.65. The van der Waals surface area contributed by atoms with E-state index in [1.165, 1.54) is 18.6 Å². The lowest BCUT2D eigenvalue weighted by Gasteiger charge is -2.39. The zero-order chi connectivity index (χ0) is 38.7. The predicted octanol–water partition coefficient (Wildman–Crippen LogP) is 5.96. The van der Waals surface area contributed by atoms with Crippen LogP contribution in [0.25, 0.3) is 6.08 Å². The van der Waals surface area contributed by atoms with Gasteiger partial charge in [0.25, 0.3) is 0 Å². The summed E-state index contributed by atoms with van der Waals surface area (Å²) in [6, 6.07) is 32.4. The number of halogens is 1. The molecule has 0 saturated carbocycles. The summed E-state index contributed by atoms with van der Waals surface area (Å²) < 4.78 is 0. The van der Waals surface area contributed by atoms with Crippen LogP contribution in [0.5, 0.6) is 0 Å². The Bertz CT molecular complexity index is 1940. The summed E-state index contributed by atoms with van der Waals surface area (Å²) in [5.41, 5.74) is 5.57. The fraction of sp³-hybridized carbons (Fsp3) is 0.318. The number of piperazine rings is 2. The van der Waals surface area contributed by atoms with E-state index in [4.69, 9.17) is 11.6 Å². The van der Waals surface area contributed by atoms with E-state index in [9.17, 15) is 19.2 Å². The van der Waals surface area contributed by atoms with E-state index < -0.39 is 6.04 Å². The highest BCUT2D eigenvalue weighted by Gasteiger charge is 2.34. The zero-order valence-electron chi connectivity index (χ0n) is 31.6. The van der Waals surface area contributed by atoms with Crippen LogP contribution in [0.1, 0.15) is 36.1 Å². The van der Waals surface area contributed by atoms with Crippen molar-refractivity contribution in [3.8, 4) is 0 Å². The van der Waals surface area contributed by atoms with Crippen molar-refractivity contribution in [2.24, 2.45) is 0 Å². The first kappa shape index (κ1) is 39.2. The first-order valence-electron chi connectivity index (χ1n) is 18.9. The Morgan fingerprint density at radius 1 is 0.709 bits per heavy atom. The molecule has 6 rings (SSSR count). The molecular formula is C44H49ClN6O4. The minimum Gasteiger partial charge on any atom is -0.368 e. The number of hydrogen-bond donors (Lipinski definition) is 1. The molecule has 0 spiro atoms. The molecule has 2 saturated heterocycles. The minimum absolute atomic E-state index is 0.0728. The molecule has 4 aromatic rings. The first-order valence-corrected chi connectivity index (χ1v) is 19.2. The topological polar surface area (TPSA) is 96.5 Å². The lowest BCUT2D eigenvalue weighted by Crippen LogP contribution is -2.56. The number of amides is 4. The maximum Gasteiger partial charge on any atom is 0.247 e. The number of nitrogens with zero attached hydrogens (tertiary/aromatic N) is 5. The number of nitrogens with one attached hydrogen (secondary N) is 1. The van der Waals surface area contributed by atoms with Gasteiger partial charge in [-0.15, -0.1) is 0 Å². The number of benzene rings is 4. The van der Waals surface area contributed by atoms with Gasteiger partial charge in [0, 0.05) is 108 Å².